The third-order valence-electron chi connectivity index (χ3n) is 3.45. The van der Waals surface area contributed by atoms with Crippen LogP contribution in [0.15, 0.2) is 0 Å². The number of rotatable bonds is 1. The van der Waals surface area contributed by atoms with Gasteiger partial charge < -0.3 is 4.90 Å². The summed E-state index contributed by atoms with van der Waals surface area (Å²) < 4.78 is 0. The molecule has 0 amide bonds. The largest absolute Gasteiger partial charge is 0.307 e. The third kappa shape index (κ3) is 3.05. The Balaban J connectivity index is 2.71. The maximum Gasteiger partial charge on any atom is 0.0763 e. The molecular formula is C11H21B2N. The van der Waals surface area contributed by atoms with E-state index in [9.17, 15) is 0 Å². The summed E-state index contributed by atoms with van der Waals surface area (Å²) in [5.41, 5.74) is 0. The van der Waals surface area contributed by atoms with E-state index in [-0.39, 0.29) is 5.31 Å². The van der Waals surface area contributed by atoms with Gasteiger partial charge in [-0.3, -0.25) is 0 Å². The third-order valence-corrected chi connectivity index (χ3v) is 3.45. The van der Waals surface area contributed by atoms with Crippen molar-refractivity contribution in [3.63, 3.8) is 0 Å². The normalized spacial score (nSPS) is 40.6. The molecule has 0 aromatic heterocycles. The van der Waals surface area contributed by atoms with Gasteiger partial charge in [0, 0.05) is 6.04 Å². The molecule has 0 aliphatic heterocycles. The van der Waals surface area contributed by atoms with Crippen molar-refractivity contribution in [3.05, 3.63) is 0 Å². The fourth-order valence-corrected chi connectivity index (χ4v) is 2.55. The van der Waals surface area contributed by atoms with Crippen molar-refractivity contribution in [2.24, 2.45) is 0 Å². The second-order valence-corrected chi connectivity index (χ2v) is 5.23. The molecule has 0 heterocycles. The molecule has 76 valence electrons. The van der Waals surface area contributed by atoms with Gasteiger partial charge in [0.25, 0.3) is 0 Å². The fourth-order valence-electron chi connectivity index (χ4n) is 2.55. The van der Waals surface area contributed by atoms with Crippen LogP contribution in [0.2, 0.25) is 11.1 Å². The minimum atomic E-state index is -0.0818. The predicted molar refractivity (Wildman–Crippen MR) is 64.2 cm³/mol. The van der Waals surface area contributed by atoms with Gasteiger partial charge in [-0.2, -0.15) is 0 Å². The zero-order chi connectivity index (χ0) is 10.8. The van der Waals surface area contributed by atoms with E-state index < -0.39 is 0 Å². The van der Waals surface area contributed by atoms with Crippen LogP contribution >= 0.6 is 0 Å². The van der Waals surface area contributed by atoms with Gasteiger partial charge in [0.15, 0.2) is 0 Å². The zero-order valence-electron chi connectivity index (χ0n) is 9.79. The molecule has 0 N–H and O–H groups in total. The first kappa shape index (κ1) is 12.2. The molecule has 0 aromatic rings. The lowest BCUT2D eigenvalue weighted by Gasteiger charge is -2.42. The Bertz CT molecular complexity index is 180. The van der Waals surface area contributed by atoms with Crippen molar-refractivity contribution >= 4 is 15.7 Å². The molecule has 14 heavy (non-hydrogen) atoms. The Morgan fingerprint density at radius 3 is 2.50 bits per heavy atom. The van der Waals surface area contributed by atoms with Crippen molar-refractivity contribution in [2.45, 2.75) is 56.2 Å². The molecule has 3 unspecified atom stereocenters. The minimum absolute atomic E-state index is 0.0818. The maximum atomic E-state index is 6.36. The van der Waals surface area contributed by atoms with Crippen LogP contribution in [-0.4, -0.2) is 40.7 Å². The average Bonchev–Trinajstić information content (AvgIpc) is 2.05. The first-order valence-corrected chi connectivity index (χ1v) is 5.64. The zero-order valence-corrected chi connectivity index (χ0v) is 9.79. The summed E-state index contributed by atoms with van der Waals surface area (Å²) in [6.45, 7) is 2.16. The molecule has 0 aromatic carbocycles. The Morgan fingerprint density at radius 2 is 1.93 bits per heavy atom. The molecule has 0 spiro atoms. The summed E-state index contributed by atoms with van der Waals surface area (Å²) >= 11 is 0. The van der Waals surface area contributed by atoms with Crippen LogP contribution in [0.25, 0.3) is 0 Å². The van der Waals surface area contributed by atoms with Gasteiger partial charge >= 0.3 is 0 Å². The highest BCUT2D eigenvalue weighted by atomic mass is 15.1. The summed E-state index contributed by atoms with van der Waals surface area (Å²) in [5, 5.41) is -0.0818. The van der Waals surface area contributed by atoms with E-state index in [1.165, 1.54) is 12.8 Å². The Kier molecular flexibility index (Phi) is 4.12. The molecule has 1 aliphatic carbocycles. The predicted octanol–water partition coefficient (Wildman–Crippen LogP) is 2.18. The smallest absolute Gasteiger partial charge is 0.0763 e. The highest BCUT2D eigenvalue weighted by molar-refractivity contribution is 6.16. The topological polar surface area (TPSA) is 3.24 Å². The number of hydrogen-bond acceptors (Lipinski definition) is 1. The van der Waals surface area contributed by atoms with Gasteiger partial charge in [-0.15, -0.1) is 0 Å². The molecule has 4 radical (unpaired) electrons. The van der Waals surface area contributed by atoms with E-state index in [0.29, 0.717) is 11.9 Å². The van der Waals surface area contributed by atoms with Gasteiger partial charge in [0.05, 0.1) is 15.7 Å². The molecule has 3 heteroatoms. The molecular weight excluding hydrogens is 168 g/mol. The maximum absolute atomic E-state index is 6.36. The molecule has 1 fully saturated rings. The van der Waals surface area contributed by atoms with Gasteiger partial charge in [0.2, 0.25) is 0 Å². The lowest BCUT2D eigenvalue weighted by molar-refractivity contribution is 0.195. The summed E-state index contributed by atoms with van der Waals surface area (Å²) in [5.74, 6) is 0.325. The van der Waals surface area contributed by atoms with Crippen molar-refractivity contribution in [1.82, 2.24) is 4.90 Å². The highest BCUT2D eigenvalue weighted by Gasteiger charge is 2.32. The standard InChI is InChI=1S/C11H21B2N/c1-11(13)7-5-4-6-9(12)8-10(11)14(2)3/h9-10H,4-8H2,1-3H3. The van der Waals surface area contributed by atoms with Crippen LogP contribution in [0.5, 0.6) is 0 Å². The fraction of sp³-hybridized carbons (Fsp3) is 1.00. The first-order chi connectivity index (χ1) is 6.43. The quantitative estimate of drug-likeness (QED) is 0.571. The van der Waals surface area contributed by atoms with Crippen LogP contribution in [0.4, 0.5) is 0 Å². The molecule has 1 aliphatic rings. The molecule has 0 saturated heterocycles. The van der Waals surface area contributed by atoms with E-state index in [4.69, 9.17) is 15.7 Å². The SMILES string of the molecule is [B]C1CCCCC([B])(C)C(N(C)C)C1. The van der Waals surface area contributed by atoms with E-state index in [0.717, 1.165) is 19.3 Å². The monoisotopic (exact) mass is 189 g/mol. The number of nitrogens with zero attached hydrogens (tertiary/aromatic N) is 1. The van der Waals surface area contributed by atoms with E-state index in [1.807, 2.05) is 0 Å². The molecule has 1 nitrogen and oxygen atoms in total. The lowest BCUT2D eigenvalue weighted by Crippen LogP contribution is -2.40. The van der Waals surface area contributed by atoms with E-state index in [1.54, 1.807) is 0 Å². The van der Waals surface area contributed by atoms with Gasteiger partial charge in [-0.1, -0.05) is 43.7 Å². The van der Waals surface area contributed by atoms with Crippen molar-refractivity contribution < 1.29 is 0 Å². The lowest BCUT2D eigenvalue weighted by atomic mass is 9.57. The second kappa shape index (κ2) is 4.74. The molecule has 1 rings (SSSR count). The summed E-state index contributed by atoms with van der Waals surface area (Å²) in [4.78, 5) is 2.23. The van der Waals surface area contributed by atoms with Gasteiger partial charge in [0.1, 0.15) is 0 Å². The number of hydrogen-bond donors (Lipinski definition) is 0. The van der Waals surface area contributed by atoms with E-state index >= 15 is 0 Å². The highest BCUT2D eigenvalue weighted by Crippen LogP contribution is 2.41. The minimum Gasteiger partial charge on any atom is -0.307 e. The Hall–Kier alpha value is 0.0899. The van der Waals surface area contributed by atoms with Gasteiger partial charge in [-0.05, 0) is 20.5 Å². The molecule has 1 saturated carbocycles. The van der Waals surface area contributed by atoms with Crippen LogP contribution in [0, 0.1) is 0 Å². The van der Waals surface area contributed by atoms with Crippen molar-refractivity contribution in [3.8, 4) is 0 Å². The first-order valence-electron chi connectivity index (χ1n) is 5.64. The second-order valence-electron chi connectivity index (χ2n) is 5.23. The average molecular weight is 189 g/mol. The Labute approximate surface area is 91.4 Å². The Morgan fingerprint density at radius 1 is 1.29 bits per heavy atom. The van der Waals surface area contributed by atoms with Gasteiger partial charge in [-0.25, -0.2) is 0 Å². The van der Waals surface area contributed by atoms with Crippen LogP contribution in [0.3, 0.4) is 0 Å². The van der Waals surface area contributed by atoms with Crippen LogP contribution in [-0.2, 0) is 0 Å². The van der Waals surface area contributed by atoms with Crippen LogP contribution < -0.4 is 0 Å². The summed E-state index contributed by atoms with van der Waals surface area (Å²) in [6.07, 6.45) is 5.74. The van der Waals surface area contributed by atoms with Crippen LogP contribution in [0.1, 0.15) is 39.0 Å². The van der Waals surface area contributed by atoms with Crippen molar-refractivity contribution in [1.29, 1.82) is 0 Å². The summed E-state index contributed by atoms with van der Waals surface area (Å²) in [7, 11) is 16.6. The molecule has 0 bridgehead atoms. The van der Waals surface area contributed by atoms with E-state index in [2.05, 4.69) is 25.9 Å². The summed E-state index contributed by atoms with van der Waals surface area (Å²) in [6, 6.07) is 0.415. The molecule has 3 atom stereocenters. The van der Waals surface area contributed by atoms with Crippen molar-refractivity contribution in [2.75, 3.05) is 14.1 Å².